The Hall–Kier alpha value is -4.70. The number of halogens is 12. The van der Waals surface area contributed by atoms with Gasteiger partial charge in [0.25, 0.3) is 0 Å². The topological polar surface area (TPSA) is 57.4 Å². The van der Waals surface area contributed by atoms with E-state index < -0.39 is 80.4 Å². The third kappa shape index (κ3) is 4.71. The zero-order valence-corrected chi connectivity index (χ0v) is 26.2. The molecular weight excluding hydrogens is 790 g/mol. The number of fused-ring (bicyclic) bond motifs is 8. The standard InChI is InChI=1S/C32H10Br2F10N4/c33-21-13-5-1-9(45-13)17(19-23(35)27(39)31(43)28(40)24(19)36)10-2-6-15(46-10)22(34)16-8-4-12(48-16)18(11-3-7-14(21)47-11)20-25(37)29(41)32(44)30(42)26(20)38/h1-8,45,48H. The second-order valence-electron chi connectivity index (χ2n) is 10.3. The minimum atomic E-state index is -2.35. The summed E-state index contributed by atoms with van der Waals surface area (Å²) in [5, 5.41) is 0. The maximum atomic E-state index is 15.2. The van der Waals surface area contributed by atoms with E-state index in [1.165, 1.54) is 48.6 Å². The van der Waals surface area contributed by atoms with Gasteiger partial charge in [-0.3, -0.25) is 0 Å². The molecule has 2 aliphatic heterocycles. The number of nitrogens with one attached hydrogen (secondary N) is 2. The molecule has 0 unspecified atom stereocenters. The summed E-state index contributed by atoms with van der Waals surface area (Å²) in [6, 6.07) is 5.30. The molecule has 0 radical (unpaired) electrons. The van der Waals surface area contributed by atoms with Crippen molar-refractivity contribution in [2.75, 3.05) is 0 Å². The molecule has 5 heterocycles. The lowest BCUT2D eigenvalue weighted by atomic mass is 10.0. The quantitative estimate of drug-likeness (QED) is 0.104. The molecule has 8 bridgehead atoms. The first-order valence-corrected chi connectivity index (χ1v) is 14.9. The molecule has 242 valence electrons. The predicted molar refractivity (Wildman–Crippen MR) is 165 cm³/mol. The van der Waals surface area contributed by atoms with Crippen molar-refractivity contribution < 1.29 is 43.9 Å². The highest BCUT2D eigenvalue weighted by atomic mass is 79.9. The average Bonchev–Trinajstić information content (AvgIpc) is 3.91. The van der Waals surface area contributed by atoms with Crippen LogP contribution in [0.3, 0.4) is 0 Å². The first kappa shape index (κ1) is 31.9. The minimum absolute atomic E-state index is 0.0536. The number of aromatic amines is 2. The molecule has 0 fully saturated rings. The zero-order valence-electron chi connectivity index (χ0n) is 23.0. The number of hydrogen-bond donors (Lipinski definition) is 2. The number of hydrogen-bond acceptors (Lipinski definition) is 2. The molecule has 2 aliphatic rings. The average molecular weight is 800 g/mol. The number of H-pyrrole nitrogens is 2. The van der Waals surface area contributed by atoms with Crippen LogP contribution in [0.25, 0.3) is 68.6 Å². The van der Waals surface area contributed by atoms with Gasteiger partial charge in [0.15, 0.2) is 46.5 Å². The number of rotatable bonds is 2. The fourth-order valence-corrected chi connectivity index (χ4v) is 6.22. The summed E-state index contributed by atoms with van der Waals surface area (Å²) in [7, 11) is 0. The van der Waals surface area contributed by atoms with E-state index in [0.29, 0.717) is 0 Å². The van der Waals surface area contributed by atoms with Gasteiger partial charge in [-0.05, 0) is 80.4 Å². The van der Waals surface area contributed by atoms with Crippen molar-refractivity contribution in [3.8, 4) is 22.3 Å². The number of benzene rings is 2. The summed E-state index contributed by atoms with van der Waals surface area (Å²) in [5.41, 5.74) is -3.82. The van der Waals surface area contributed by atoms with Crippen LogP contribution in [0, 0.1) is 58.2 Å². The predicted octanol–water partition coefficient (Wildman–Crippen LogP) is 10.9. The van der Waals surface area contributed by atoms with Crippen molar-refractivity contribution in [3.05, 3.63) is 114 Å². The lowest BCUT2D eigenvalue weighted by Crippen LogP contribution is -2.05. The molecule has 7 rings (SSSR count). The van der Waals surface area contributed by atoms with Gasteiger partial charge in [0.2, 0.25) is 11.6 Å². The van der Waals surface area contributed by atoms with E-state index >= 15 is 17.6 Å². The van der Waals surface area contributed by atoms with Crippen molar-refractivity contribution in [1.29, 1.82) is 0 Å². The Morgan fingerprint density at radius 2 is 0.625 bits per heavy atom. The van der Waals surface area contributed by atoms with Crippen molar-refractivity contribution in [1.82, 2.24) is 19.9 Å². The van der Waals surface area contributed by atoms with Gasteiger partial charge in [-0.1, -0.05) is 0 Å². The van der Waals surface area contributed by atoms with E-state index in [0.717, 1.165) is 0 Å². The summed E-state index contributed by atoms with van der Waals surface area (Å²) in [6.45, 7) is 0. The van der Waals surface area contributed by atoms with E-state index in [2.05, 4.69) is 51.8 Å². The maximum absolute atomic E-state index is 15.2. The summed E-state index contributed by atoms with van der Waals surface area (Å²) in [5.74, 6) is -21.8. The third-order valence-corrected chi connectivity index (χ3v) is 9.21. The van der Waals surface area contributed by atoms with Gasteiger partial charge in [-0.15, -0.1) is 0 Å². The molecule has 2 N–H and O–H groups in total. The Bertz CT molecular complexity index is 2270. The van der Waals surface area contributed by atoms with Gasteiger partial charge >= 0.3 is 0 Å². The zero-order chi connectivity index (χ0) is 34.3. The molecule has 5 aromatic rings. The fraction of sp³-hybridized carbons (Fsp3) is 0. The number of aromatic nitrogens is 4. The molecule has 0 saturated carbocycles. The van der Waals surface area contributed by atoms with Crippen LogP contribution in [0.1, 0.15) is 22.8 Å². The Balaban J connectivity index is 1.66. The Morgan fingerprint density at radius 3 is 0.958 bits per heavy atom. The van der Waals surface area contributed by atoms with Crippen molar-refractivity contribution >= 4 is 78.2 Å². The van der Waals surface area contributed by atoms with Gasteiger partial charge < -0.3 is 9.97 Å². The van der Waals surface area contributed by atoms with Crippen LogP contribution < -0.4 is 0 Å². The van der Waals surface area contributed by atoms with E-state index in [1.807, 2.05) is 0 Å². The van der Waals surface area contributed by atoms with Gasteiger partial charge in [-0.25, -0.2) is 53.9 Å². The van der Waals surface area contributed by atoms with E-state index in [-0.39, 0.29) is 53.8 Å². The smallest absolute Gasteiger partial charge is 0.200 e. The van der Waals surface area contributed by atoms with Gasteiger partial charge in [-0.2, -0.15) is 0 Å². The molecule has 0 atom stereocenters. The molecule has 0 amide bonds. The van der Waals surface area contributed by atoms with Gasteiger partial charge in [0.1, 0.15) is 0 Å². The molecule has 48 heavy (non-hydrogen) atoms. The van der Waals surface area contributed by atoms with Crippen LogP contribution in [-0.2, 0) is 0 Å². The Morgan fingerprint density at radius 1 is 0.354 bits per heavy atom. The lowest BCUT2D eigenvalue weighted by Gasteiger charge is -2.10. The molecule has 16 heteroatoms. The summed E-state index contributed by atoms with van der Waals surface area (Å²) < 4.78 is 147. The summed E-state index contributed by atoms with van der Waals surface area (Å²) in [6.07, 6.45) is 5.19. The van der Waals surface area contributed by atoms with E-state index in [1.54, 1.807) is 0 Å². The highest BCUT2D eigenvalue weighted by Gasteiger charge is 2.31. The van der Waals surface area contributed by atoms with E-state index in [4.69, 9.17) is 0 Å². The summed E-state index contributed by atoms with van der Waals surface area (Å²) >= 11 is 6.63. The first-order chi connectivity index (χ1) is 22.8. The minimum Gasteiger partial charge on any atom is -0.354 e. The maximum Gasteiger partial charge on any atom is 0.200 e. The van der Waals surface area contributed by atoms with Gasteiger partial charge in [0, 0.05) is 22.2 Å². The fourth-order valence-electron chi connectivity index (χ4n) is 5.31. The highest BCUT2D eigenvalue weighted by Crippen LogP contribution is 2.40. The monoisotopic (exact) mass is 798 g/mol. The second kappa shape index (κ2) is 11.5. The van der Waals surface area contributed by atoms with Crippen molar-refractivity contribution in [2.24, 2.45) is 0 Å². The largest absolute Gasteiger partial charge is 0.354 e. The highest BCUT2D eigenvalue weighted by molar-refractivity contribution is 9.11. The van der Waals surface area contributed by atoms with Crippen LogP contribution in [0.2, 0.25) is 0 Å². The van der Waals surface area contributed by atoms with Crippen LogP contribution >= 0.6 is 31.9 Å². The second-order valence-corrected chi connectivity index (χ2v) is 11.9. The SMILES string of the molecule is Fc1c(F)c(F)c(-c2c3nc(c(Br)c4ccc([nH]4)c(-c4c(F)c(F)c(F)c(F)c4F)c4nc(c(Br)c5ccc2[nH]5)C=C4)C=C3)c(F)c1F. The van der Waals surface area contributed by atoms with Crippen LogP contribution in [-0.4, -0.2) is 19.9 Å². The number of nitrogens with zero attached hydrogens (tertiary/aromatic N) is 2. The van der Waals surface area contributed by atoms with Crippen molar-refractivity contribution in [2.45, 2.75) is 0 Å². The Kier molecular flexibility index (Phi) is 7.62. The van der Waals surface area contributed by atoms with Gasteiger partial charge in [0.05, 0.1) is 53.9 Å². The molecular formula is C32H10Br2F10N4. The first-order valence-electron chi connectivity index (χ1n) is 13.3. The normalized spacial score (nSPS) is 12.4. The molecule has 4 nitrogen and oxygen atoms in total. The van der Waals surface area contributed by atoms with Crippen LogP contribution in [0.5, 0.6) is 0 Å². The van der Waals surface area contributed by atoms with Crippen LogP contribution in [0.15, 0.2) is 33.2 Å². The molecule has 0 saturated heterocycles. The molecule has 0 aliphatic carbocycles. The Labute approximate surface area is 277 Å². The van der Waals surface area contributed by atoms with E-state index in [9.17, 15) is 26.3 Å². The van der Waals surface area contributed by atoms with Crippen LogP contribution in [0.4, 0.5) is 43.9 Å². The summed E-state index contributed by atoms with van der Waals surface area (Å²) in [4.78, 5) is 14.4. The molecule has 2 aromatic carbocycles. The lowest BCUT2D eigenvalue weighted by molar-refractivity contribution is 0.381. The van der Waals surface area contributed by atoms with Crippen molar-refractivity contribution in [3.63, 3.8) is 0 Å². The molecule has 3 aromatic heterocycles. The third-order valence-electron chi connectivity index (χ3n) is 7.55. The molecule has 0 spiro atoms.